The van der Waals surface area contributed by atoms with Crippen LogP contribution in [-0.4, -0.2) is 49.2 Å². The molecule has 0 aliphatic carbocycles. The first-order valence-corrected chi connectivity index (χ1v) is 10.3. The first-order valence-electron chi connectivity index (χ1n) is 8.86. The highest BCUT2D eigenvalue weighted by atomic mass is 32.2. The fourth-order valence-electron chi connectivity index (χ4n) is 3.36. The van der Waals surface area contributed by atoms with Crippen molar-refractivity contribution in [3.8, 4) is 11.8 Å². The average molecular weight is 391 g/mol. The standard InChI is InChI=1S/C19H25N3O4S/c1-12-10-13(2)15(4)19(14(12)3)27(23,24)22-9-8-16(11-22)26-18-7-6-17(25-5)20-21-18/h6-7,10,16H,8-9,11H2,1-5H3. The van der Waals surface area contributed by atoms with Crippen LogP contribution in [0.25, 0.3) is 0 Å². The minimum atomic E-state index is -3.58. The van der Waals surface area contributed by atoms with Crippen molar-refractivity contribution < 1.29 is 17.9 Å². The number of aryl methyl sites for hydroxylation is 2. The molecule has 0 spiro atoms. The van der Waals surface area contributed by atoms with E-state index in [4.69, 9.17) is 9.47 Å². The van der Waals surface area contributed by atoms with Gasteiger partial charge in [-0.25, -0.2) is 8.42 Å². The molecule has 0 amide bonds. The number of hydrogen-bond donors (Lipinski definition) is 0. The Hall–Kier alpha value is -2.19. The van der Waals surface area contributed by atoms with Crippen LogP contribution in [0, 0.1) is 27.7 Å². The third kappa shape index (κ3) is 3.77. The molecule has 0 N–H and O–H groups in total. The molecule has 0 bridgehead atoms. The molecule has 1 aromatic heterocycles. The summed E-state index contributed by atoms with van der Waals surface area (Å²) in [6.07, 6.45) is 0.351. The van der Waals surface area contributed by atoms with Crippen LogP contribution in [0.15, 0.2) is 23.1 Å². The van der Waals surface area contributed by atoms with Crippen LogP contribution in [0.2, 0.25) is 0 Å². The van der Waals surface area contributed by atoms with E-state index in [0.29, 0.717) is 36.2 Å². The topological polar surface area (TPSA) is 81.6 Å². The van der Waals surface area contributed by atoms with E-state index in [1.807, 2.05) is 33.8 Å². The van der Waals surface area contributed by atoms with Gasteiger partial charge in [-0.1, -0.05) is 6.07 Å². The van der Waals surface area contributed by atoms with E-state index in [9.17, 15) is 8.42 Å². The molecule has 1 saturated heterocycles. The molecule has 2 aromatic rings. The fourth-order valence-corrected chi connectivity index (χ4v) is 5.42. The maximum Gasteiger partial charge on any atom is 0.243 e. The van der Waals surface area contributed by atoms with Crippen molar-refractivity contribution in [2.24, 2.45) is 0 Å². The molecule has 1 aliphatic rings. The SMILES string of the molecule is COc1ccc(OC2CCN(S(=O)(=O)c3c(C)c(C)cc(C)c3C)C2)nn1. The highest BCUT2D eigenvalue weighted by Gasteiger charge is 2.36. The van der Waals surface area contributed by atoms with Gasteiger partial charge in [0.1, 0.15) is 6.10 Å². The number of benzene rings is 1. The van der Waals surface area contributed by atoms with Gasteiger partial charge in [0.2, 0.25) is 21.8 Å². The van der Waals surface area contributed by atoms with E-state index >= 15 is 0 Å². The zero-order valence-electron chi connectivity index (χ0n) is 16.3. The van der Waals surface area contributed by atoms with Crippen molar-refractivity contribution in [2.75, 3.05) is 20.2 Å². The van der Waals surface area contributed by atoms with Crippen molar-refractivity contribution >= 4 is 10.0 Å². The molecule has 1 atom stereocenters. The molecular formula is C19H25N3O4S. The van der Waals surface area contributed by atoms with Crippen molar-refractivity contribution in [1.82, 2.24) is 14.5 Å². The maximum atomic E-state index is 13.3. The van der Waals surface area contributed by atoms with Crippen LogP contribution in [-0.2, 0) is 10.0 Å². The molecule has 1 aromatic carbocycles. The first-order chi connectivity index (χ1) is 12.7. The Kier molecular flexibility index (Phi) is 5.39. The molecule has 0 saturated carbocycles. The predicted molar refractivity (Wildman–Crippen MR) is 102 cm³/mol. The Morgan fingerprint density at radius 3 is 2.19 bits per heavy atom. The molecule has 146 valence electrons. The van der Waals surface area contributed by atoms with Gasteiger partial charge in [-0.05, 0) is 56.4 Å². The fraction of sp³-hybridized carbons (Fsp3) is 0.474. The van der Waals surface area contributed by atoms with Gasteiger partial charge in [0.25, 0.3) is 0 Å². The molecule has 1 fully saturated rings. The number of hydrogen-bond acceptors (Lipinski definition) is 6. The first kappa shape index (κ1) is 19.6. The van der Waals surface area contributed by atoms with E-state index in [2.05, 4.69) is 10.2 Å². The predicted octanol–water partition coefficient (Wildman–Crippen LogP) is 2.56. The number of aromatic nitrogens is 2. The summed E-state index contributed by atoms with van der Waals surface area (Å²) in [5.74, 6) is 0.762. The van der Waals surface area contributed by atoms with Crippen LogP contribution in [0.4, 0.5) is 0 Å². The van der Waals surface area contributed by atoms with Gasteiger partial charge in [0, 0.05) is 18.7 Å². The minimum absolute atomic E-state index is 0.256. The Balaban J connectivity index is 1.80. The molecule has 8 heteroatoms. The molecule has 1 unspecified atom stereocenters. The third-order valence-electron chi connectivity index (χ3n) is 5.11. The molecule has 27 heavy (non-hydrogen) atoms. The number of nitrogens with zero attached hydrogens (tertiary/aromatic N) is 3. The summed E-state index contributed by atoms with van der Waals surface area (Å²) in [5.41, 5.74) is 3.58. The lowest BCUT2D eigenvalue weighted by atomic mass is 10.0. The summed E-state index contributed by atoms with van der Waals surface area (Å²) in [5, 5.41) is 7.81. The molecule has 2 heterocycles. The van der Waals surface area contributed by atoms with Gasteiger partial charge in [-0.3, -0.25) is 0 Å². The van der Waals surface area contributed by atoms with Crippen LogP contribution in [0.1, 0.15) is 28.7 Å². The Morgan fingerprint density at radius 2 is 1.63 bits per heavy atom. The minimum Gasteiger partial charge on any atom is -0.480 e. The van der Waals surface area contributed by atoms with Gasteiger partial charge in [0.05, 0.1) is 18.6 Å². The quantitative estimate of drug-likeness (QED) is 0.779. The summed E-state index contributed by atoms with van der Waals surface area (Å²) in [6.45, 7) is 8.33. The summed E-state index contributed by atoms with van der Waals surface area (Å²) in [7, 11) is -2.07. The van der Waals surface area contributed by atoms with Gasteiger partial charge in [-0.2, -0.15) is 4.31 Å². The van der Waals surface area contributed by atoms with E-state index in [1.54, 1.807) is 12.1 Å². The molecule has 7 nitrogen and oxygen atoms in total. The van der Waals surface area contributed by atoms with Crippen molar-refractivity contribution in [3.05, 3.63) is 40.5 Å². The lowest BCUT2D eigenvalue weighted by Crippen LogP contribution is -2.32. The summed E-state index contributed by atoms with van der Waals surface area (Å²) in [4.78, 5) is 0.421. The smallest absolute Gasteiger partial charge is 0.243 e. The van der Waals surface area contributed by atoms with Crippen molar-refractivity contribution in [2.45, 2.75) is 45.1 Å². The van der Waals surface area contributed by atoms with Gasteiger partial charge in [0.15, 0.2) is 0 Å². The summed E-state index contributed by atoms with van der Waals surface area (Å²) < 4.78 is 38.9. The van der Waals surface area contributed by atoms with Crippen LogP contribution in [0.5, 0.6) is 11.8 Å². The lowest BCUT2D eigenvalue weighted by Gasteiger charge is -2.21. The van der Waals surface area contributed by atoms with Crippen molar-refractivity contribution in [1.29, 1.82) is 0 Å². The van der Waals surface area contributed by atoms with E-state index in [1.165, 1.54) is 11.4 Å². The average Bonchev–Trinajstić information content (AvgIpc) is 3.10. The Morgan fingerprint density at radius 1 is 1.04 bits per heavy atom. The zero-order chi connectivity index (χ0) is 19.8. The maximum absolute atomic E-state index is 13.3. The second-order valence-electron chi connectivity index (χ2n) is 6.90. The van der Waals surface area contributed by atoms with E-state index < -0.39 is 10.0 Å². The number of sulfonamides is 1. The summed E-state index contributed by atoms with van der Waals surface area (Å²) in [6, 6.07) is 5.36. The largest absolute Gasteiger partial charge is 0.480 e. The lowest BCUT2D eigenvalue weighted by molar-refractivity contribution is 0.203. The second-order valence-corrected chi connectivity index (χ2v) is 8.77. The molecule has 0 radical (unpaired) electrons. The second kappa shape index (κ2) is 7.44. The van der Waals surface area contributed by atoms with E-state index in [-0.39, 0.29) is 6.10 Å². The van der Waals surface area contributed by atoms with Gasteiger partial charge >= 0.3 is 0 Å². The van der Waals surface area contributed by atoms with Crippen molar-refractivity contribution in [3.63, 3.8) is 0 Å². The normalized spacial score (nSPS) is 17.9. The van der Waals surface area contributed by atoms with Crippen LogP contribution in [0.3, 0.4) is 0 Å². The Labute approximate surface area is 160 Å². The number of methoxy groups -OCH3 is 1. The molecule has 3 rings (SSSR count). The van der Waals surface area contributed by atoms with Crippen LogP contribution < -0.4 is 9.47 Å². The highest BCUT2D eigenvalue weighted by Crippen LogP contribution is 2.31. The summed E-state index contributed by atoms with van der Waals surface area (Å²) >= 11 is 0. The molecule has 1 aliphatic heterocycles. The number of rotatable bonds is 5. The third-order valence-corrected chi connectivity index (χ3v) is 7.25. The van der Waals surface area contributed by atoms with Gasteiger partial charge < -0.3 is 9.47 Å². The molecular weight excluding hydrogens is 366 g/mol. The Bertz CT molecular complexity index is 916. The van der Waals surface area contributed by atoms with Crippen LogP contribution >= 0.6 is 0 Å². The monoisotopic (exact) mass is 391 g/mol. The van der Waals surface area contributed by atoms with Gasteiger partial charge in [-0.15, -0.1) is 10.2 Å². The van der Waals surface area contributed by atoms with E-state index in [0.717, 1.165) is 22.3 Å². The zero-order valence-corrected chi connectivity index (χ0v) is 17.1. The highest BCUT2D eigenvalue weighted by molar-refractivity contribution is 7.89. The number of ether oxygens (including phenoxy) is 2.